The molecule has 6 heteroatoms. The largest absolute Gasteiger partial charge is 0.400 e. The Morgan fingerprint density at radius 3 is 2.54 bits per heavy atom. The van der Waals surface area contributed by atoms with Crippen LogP contribution in [-0.4, -0.2) is 17.9 Å². The van der Waals surface area contributed by atoms with Crippen molar-refractivity contribution in [1.82, 2.24) is 5.16 Å². The normalized spacial score (nSPS) is 14.5. The molecular weight excluding hydrogens is 185 g/mol. The summed E-state index contributed by atoms with van der Waals surface area (Å²) < 4.78 is 41.2. The van der Waals surface area contributed by atoms with Crippen molar-refractivity contribution in [2.24, 2.45) is 5.73 Å². The summed E-state index contributed by atoms with van der Waals surface area (Å²) in [6, 6.07) is 1.24. The number of aromatic nitrogens is 1. The molecule has 0 aliphatic carbocycles. The van der Waals surface area contributed by atoms with Crippen LogP contribution in [0.1, 0.15) is 17.4 Å². The zero-order valence-electron chi connectivity index (χ0n) is 6.93. The molecule has 0 aliphatic rings. The highest BCUT2D eigenvalue weighted by molar-refractivity contribution is 5.10. The number of nitrogens with two attached hydrogens (primary N) is 1. The first-order valence-electron chi connectivity index (χ1n) is 3.65. The lowest BCUT2D eigenvalue weighted by atomic mass is 10.1. The van der Waals surface area contributed by atoms with Gasteiger partial charge in [-0.1, -0.05) is 5.16 Å². The highest BCUT2D eigenvalue weighted by Crippen LogP contribution is 2.33. The first-order valence-corrected chi connectivity index (χ1v) is 3.65. The Morgan fingerprint density at radius 2 is 2.23 bits per heavy atom. The predicted molar refractivity (Wildman–Crippen MR) is 39.1 cm³/mol. The number of alkyl halides is 3. The lowest BCUT2D eigenvalue weighted by Gasteiger charge is -2.14. The van der Waals surface area contributed by atoms with Crippen LogP contribution in [0.25, 0.3) is 0 Å². The molecule has 1 unspecified atom stereocenters. The fourth-order valence-corrected chi connectivity index (χ4v) is 0.959. The van der Waals surface area contributed by atoms with Crippen LogP contribution in [0.2, 0.25) is 0 Å². The molecule has 0 saturated carbocycles. The fourth-order valence-electron chi connectivity index (χ4n) is 0.959. The minimum atomic E-state index is -4.37. The van der Waals surface area contributed by atoms with E-state index in [0.717, 1.165) is 0 Å². The van der Waals surface area contributed by atoms with E-state index >= 15 is 0 Å². The zero-order valence-corrected chi connectivity index (χ0v) is 6.93. The lowest BCUT2D eigenvalue weighted by Crippen LogP contribution is -2.27. The maximum Gasteiger partial charge on any atom is 0.400 e. The van der Waals surface area contributed by atoms with E-state index in [4.69, 9.17) is 5.73 Å². The summed E-state index contributed by atoms with van der Waals surface area (Å²) >= 11 is 0. The van der Waals surface area contributed by atoms with E-state index in [2.05, 4.69) is 9.68 Å². The van der Waals surface area contributed by atoms with Crippen LogP contribution in [0.3, 0.4) is 0 Å². The third-order valence-electron chi connectivity index (χ3n) is 1.62. The molecule has 1 aromatic rings. The summed E-state index contributed by atoms with van der Waals surface area (Å²) in [5.74, 6) is -1.99. The number of hydrogen-bond acceptors (Lipinski definition) is 3. The van der Waals surface area contributed by atoms with Gasteiger partial charge in [-0.15, -0.1) is 0 Å². The molecule has 1 heterocycles. The van der Waals surface area contributed by atoms with Crippen LogP contribution in [-0.2, 0) is 0 Å². The van der Waals surface area contributed by atoms with E-state index in [1.165, 1.54) is 6.07 Å². The Hall–Kier alpha value is -1.04. The first kappa shape index (κ1) is 10.0. The van der Waals surface area contributed by atoms with Crippen molar-refractivity contribution in [3.8, 4) is 0 Å². The monoisotopic (exact) mass is 194 g/mol. The number of halogens is 3. The van der Waals surface area contributed by atoms with Gasteiger partial charge in [0.15, 0.2) is 0 Å². The Kier molecular flexibility index (Phi) is 2.60. The maximum atomic E-state index is 12.2. The second-order valence-corrected chi connectivity index (χ2v) is 2.70. The molecule has 0 radical (unpaired) electrons. The van der Waals surface area contributed by atoms with Gasteiger partial charge in [0.1, 0.15) is 11.7 Å². The second-order valence-electron chi connectivity index (χ2n) is 2.70. The molecule has 0 aromatic carbocycles. The molecule has 0 fully saturated rings. The van der Waals surface area contributed by atoms with Gasteiger partial charge in [-0.2, -0.15) is 13.2 Å². The van der Waals surface area contributed by atoms with Crippen molar-refractivity contribution in [3.63, 3.8) is 0 Å². The highest BCUT2D eigenvalue weighted by Gasteiger charge is 2.42. The third-order valence-corrected chi connectivity index (χ3v) is 1.62. The van der Waals surface area contributed by atoms with Crippen LogP contribution < -0.4 is 5.73 Å². The molecule has 3 nitrogen and oxygen atoms in total. The zero-order chi connectivity index (χ0) is 10.1. The van der Waals surface area contributed by atoms with Gasteiger partial charge in [-0.25, -0.2) is 0 Å². The average Bonchev–Trinajstić information content (AvgIpc) is 2.34. The first-order chi connectivity index (χ1) is 5.95. The Morgan fingerprint density at radius 1 is 1.62 bits per heavy atom. The Labute approximate surface area is 72.7 Å². The summed E-state index contributed by atoms with van der Waals surface area (Å²) in [7, 11) is 0. The third kappa shape index (κ3) is 2.21. The van der Waals surface area contributed by atoms with Gasteiger partial charge in [-0.05, 0) is 6.92 Å². The van der Waals surface area contributed by atoms with Crippen LogP contribution in [0, 0.1) is 6.92 Å². The smallest absolute Gasteiger partial charge is 0.360 e. The van der Waals surface area contributed by atoms with Crippen molar-refractivity contribution in [2.45, 2.75) is 19.0 Å². The van der Waals surface area contributed by atoms with Gasteiger partial charge >= 0.3 is 6.18 Å². The van der Waals surface area contributed by atoms with Crippen molar-refractivity contribution in [3.05, 3.63) is 17.5 Å². The summed E-state index contributed by atoms with van der Waals surface area (Å²) in [5.41, 5.74) is 5.41. The predicted octanol–water partition coefficient (Wildman–Crippen LogP) is 1.59. The summed E-state index contributed by atoms with van der Waals surface area (Å²) in [5, 5.41) is 3.37. The van der Waals surface area contributed by atoms with Crippen LogP contribution in [0.4, 0.5) is 13.2 Å². The number of hydrogen-bond donors (Lipinski definition) is 1. The lowest BCUT2D eigenvalue weighted by molar-refractivity contribution is -0.152. The molecular formula is C7H9F3N2O. The summed E-state index contributed by atoms with van der Waals surface area (Å²) in [4.78, 5) is 0. The van der Waals surface area contributed by atoms with Crippen molar-refractivity contribution < 1.29 is 17.7 Å². The Balaban J connectivity index is 2.91. The summed E-state index contributed by atoms with van der Waals surface area (Å²) in [6.45, 7) is 1.02. The van der Waals surface area contributed by atoms with E-state index in [-0.39, 0.29) is 5.76 Å². The SMILES string of the molecule is Cc1cc(C(CN)C(F)(F)F)on1. The van der Waals surface area contributed by atoms with Crippen molar-refractivity contribution in [1.29, 1.82) is 0 Å². The number of aryl methyl sites for hydroxylation is 1. The van der Waals surface area contributed by atoms with Crippen LogP contribution in [0.5, 0.6) is 0 Å². The number of nitrogens with zero attached hydrogens (tertiary/aromatic N) is 1. The second kappa shape index (κ2) is 3.37. The molecule has 1 rings (SSSR count). The molecule has 0 bridgehead atoms. The van der Waals surface area contributed by atoms with Crippen molar-refractivity contribution in [2.75, 3.05) is 6.54 Å². The van der Waals surface area contributed by atoms with E-state index < -0.39 is 18.6 Å². The average molecular weight is 194 g/mol. The minimum absolute atomic E-state index is 0.229. The van der Waals surface area contributed by atoms with Gasteiger partial charge in [0, 0.05) is 12.6 Å². The number of rotatable bonds is 2. The van der Waals surface area contributed by atoms with Gasteiger partial charge in [-0.3, -0.25) is 0 Å². The molecule has 2 N–H and O–H groups in total. The van der Waals surface area contributed by atoms with Crippen LogP contribution in [0.15, 0.2) is 10.6 Å². The topological polar surface area (TPSA) is 52.0 Å². The van der Waals surface area contributed by atoms with Gasteiger partial charge < -0.3 is 10.3 Å². The molecule has 0 aliphatic heterocycles. The molecule has 0 spiro atoms. The van der Waals surface area contributed by atoms with E-state index in [1.54, 1.807) is 6.92 Å². The standard InChI is InChI=1S/C7H9F3N2O/c1-4-2-6(13-12-4)5(3-11)7(8,9)10/h2,5H,3,11H2,1H3. The van der Waals surface area contributed by atoms with Gasteiger partial charge in [0.25, 0.3) is 0 Å². The highest BCUT2D eigenvalue weighted by atomic mass is 19.4. The van der Waals surface area contributed by atoms with E-state index in [0.29, 0.717) is 5.69 Å². The van der Waals surface area contributed by atoms with Crippen molar-refractivity contribution >= 4 is 0 Å². The molecule has 0 amide bonds. The van der Waals surface area contributed by atoms with E-state index in [9.17, 15) is 13.2 Å². The van der Waals surface area contributed by atoms with Gasteiger partial charge in [0.2, 0.25) is 0 Å². The van der Waals surface area contributed by atoms with Crippen LogP contribution >= 0.6 is 0 Å². The fraction of sp³-hybridized carbons (Fsp3) is 0.571. The molecule has 0 saturated heterocycles. The summed E-state index contributed by atoms with van der Waals surface area (Å²) in [6.07, 6.45) is -4.37. The van der Waals surface area contributed by atoms with E-state index in [1.807, 2.05) is 0 Å². The molecule has 1 atom stereocenters. The Bertz CT molecular complexity index is 282. The molecule has 1 aromatic heterocycles. The molecule has 13 heavy (non-hydrogen) atoms. The van der Waals surface area contributed by atoms with Gasteiger partial charge in [0.05, 0.1) is 5.69 Å². The minimum Gasteiger partial charge on any atom is -0.360 e. The maximum absolute atomic E-state index is 12.2. The molecule has 74 valence electrons. The quantitative estimate of drug-likeness (QED) is 0.777.